The number of alkyl halides is 3. The highest BCUT2D eigenvalue weighted by atomic mass is 19.4. The molecule has 2 fully saturated rings. The average Bonchev–Trinajstić information content (AvgIpc) is 2.83. The molecule has 162 valence electrons. The van der Waals surface area contributed by atoms with Gasteiger partial charge in [-0.2, -0.15) is 28.1 Å². The summed E-state index contributed by atoms with van der Waals surface area (Å²) >= 11 is 0. The van der Waals surface area contributed by atoms with E-state index in [-0.39, 0.29) is 17.8 Å². The normalized spacial score (nSPS) is 21.6. The van der Waals surface area contributed by atoms with E-state index in [0.717, 1.165) is 51.6 Å². The zero-order valence-corrected chi connectivity index (χ0v) is 16.4. The molecule has 11 heteroatoms. The number of hydrogen-bond acceptors (Lipinski definition) is 7. The molecule has 1 aromatic rings. The number of aromatic nitrogens is 3. The summed E-state index contributed by atoms with van der Waals surface area (Å²) in [5.74, 6) is 0.151. The number of rotatable bonds is 5. The fourth-order valence-electron chi connectivity index (χ4n) is 3.51. The first-order valence-corrected chi connectivity index (χ1v) is 10.3. The van der Waals surface area contributed by atoms with Gasteiger partial charge in [-0.3, -0.25) is 4.79 Å². The van der Waals surface area contributed by atoms with Crippen molar-refractivity contribution in [3.8, 4) is 0 Å². The van der Waals surface area contributed by atoms with Gasteiger partial charge in [-0.1, -0.05) is 19.3 Å². The summed E-state index contributed by atoms with van der Waals surface area (Å²) in [7, 11) is 0. The maximum atomic E-state index is 12.7. The van der Waals surface area contributed by atoms with Crippen molar-refractivity contribution in [1.82, 2.24) is 20.3 Å². The van der Waals surface area contributed by atoms with Crippen LogP contribution < -0.4 is 20.9 Å². The number of nitrogens with one attached hydrogen (secondary N) is 3. The van der Waals surface area contributed by atoms with Crippen LogP contribution in [0.4, 0.5) is 31.0 Å². The highest BCUT2D eigenvalue weighted by Crippen LogP contribution is 2.21. The summed E-state index contributed by atoms with van der Waals surface area (Å²) in [5, 5.41) is 8.05. The van der Waals surface area contributed by atoms with Crippen LogP contribution in [-0.2, 0) is 4.79 Å². The molecule has 0 aliphatic carbocycles. The molecule has 2 aliphatic heterocycles. The molecule has 0 saturated carbocycles. The molecule has 1 atom stereocenters. The van der Waals surface area contributed by atoms with Crippen LogP contribution in [0.15, 0.2) is 0 Å². The fraction of sp³-hybridized carbons (Fsp3) is 0.778. The van der Waals surface area contributed by atoms with Gasteiger partial charge in [0.25, 0.3) is 0 Å². The molecule has 0 radical (unpaired) electrons. The zero-order valence-electron chi connectivity index (χ0n) is 16.4. The van der Waals surface area contributed by atoms with Crippen LogP contribution >= 0.6 is 0 Å². The topological polar surface area (TPSA) is 95.1 Å². The van der Waals surface area contributed by atoms with Crippen molar-refractivity contribution in [1.29, 1.82) is 0 Å². The molecule has 8 nitrogen and oxygen atoms in total. The first-order valence-electron chi connectivity index (χ1n) is 10.3. The largest absolute Gasteiger partial charge is 0.405 e. The van der Waals surface area contributed by atoms with Gasteiger partial charge in [0.15, 0.2) is 0 Å². The quantitative estimate of drug-likeness (QED) is 0.681. The Balaban J connectivity index is 1.81. The van der Waals surface area contributed by atoms with Crippen molar-refractivity contribution in [3.63, 3.8) is 0 Å². The van der Waals surface area contributed by atoms with E-state index in [2.05, 4.69) is 30.9 Å². The molecule has 1 unspecified atom stereocenters. The van der Waals surface area contributed by atoms with E-state index in [1.165, 1.54) is 6.42 Å². The molecule has 3 N–H and O–H groups in total. The van der Waals surface area contributed by atoms with Gasteiger partial charge >= 0.3 is 6.18 Å². The molecular formula is C18H28F3N7O. The van der Waals surface area contributed by atoms with E-state index in [4.69, 9.17) is 0 Å². The number of halogens is 3. The van der Waals surface area contributed by atoms with Gasteiger partial charge in [0.2, 0.25) is 23.8 Å². The van der Waals surface area contributed by atoms with Crippen molar-refractivity contribution in [3.05, 3.63) is 0 Å². The maximum Gasteiger partial charge on any atom is 0.405 e. The molecule has 1 amide bonds. The summed E-state index contributed by atoms with van der Waals surface area (Å²) < 4.78 is 38.0. The SMILES string of the molecule is O=C1NCCCCC1Nc1nc(NCC(F)(F)F)nc(N2CCCCCCC2)n1. The Bertz CT molecular complexity index is 678. The lowest BCUT2D eigenvalue weighted by Crippen LogP contribution is -2.38. The summed E-state index contributed by atoms with van der Waals surface area (Å²) in [5.41, 5.74) is 0. The monoisotopic (exact) mass is 415 g/mol. The number of nitrogens with zero attached hydrogens (tertiary/aromatic N) is 4. The molecule has 3 rings (SSSR count). The van der Waals surface area contributed by atoms with Crippen LogP contribution in [-0.4, -0.2) is 59.3 Å². The van der Waals surface area contributed by atoms with Gasteiger partial charge in [-0.15, -0.1) is 0 Å². The smallest absolute Gasteiger partial charge is 0.354 e. The number of anilines is 3. The summed E-state index contributed by atoms with van der Waals surface area (Å²) in [4.78, 5) is 26.9. The Morgan fingerprint density at radius 1 is 0.966 bits per heavy atom. The lowest BCUT2D eigenvalue weighted by atomic mass is 10.1. The Morgan fingerprint density at radius 3 is 2.38 bits per heavy atom. The molecule has 2 aliphatic rings. The first kappa shape index (κ1) is 21.4. The second-order valence-corrected chi connectivity index (χ2v) is 7.49. The Hall–Kier alpha value is -2.33. The van der Waals surface area contributed by atoms with Crippen molar-refractivity contribution in [2.45, 2.75) is 63.6 Å². The molecular weight excluding hydrogens is 387 g/mol. The molecule has 1 aromatic heterocycles. The summed E-state index contributed by atoms with van der Waals surface area (Å²) in [6, 6.07) is -0.518. The van der Waals surface area contributed by atoms with Crippen LogP contribution in [0.1, 0.15) is 51.4 Å². The highest BCUT2D eigenvalue weighted by Gasteiger charge is 2.28. The Morgan fingerprint density at radius 2 is 1.66 bits per heavy atom. The third-order valence-electron chi connectivity index (χ3n) is 5.05. The molecule has 0 spiro atoms. The highest BCUT2D eigenvalue weighted by molar-refractivity contribution is 5.84. The van der Waals surface area contributed by atoms with Crippen LogP contribution in [0.25, 0.3) is 0 Å². The molecule has 29 heavy (non-hydrogen) atoms. The van der Waals surface area contributed by atoms with E-state index < -0.39 is 18.8 Å². The van der Waals surface area contributed by atoms with Gasteiger partial charge in [-0.05, 0) is 32.1 Å². The molecule has 3 heterocycles. The number of carbonyl (C=O) groups excluding carboxylic acids is 1. The van der Waals surface area contributed by atoms with E-state index in [0.29, 0.717) is 18.9 Å². The number of hydrogen-bond donors (Lipinski definition) is 3. The van der Waals surface area contributed by atoms with Gasteiger partial charge in [0.1, 0.15) is 12.6 Å². The van der Waals surface area contributed by atoms with Crippen LogP contribution in [0.5, 0.6) is 0 Å². The maximum absolute atomic E-state index is 12.7. The minimum atomic E-state index is -4.39. The lowest BCUT2D eigenvalue weighted by molar-refractivity contribution is -0.121. The average molecular weight is 415 g/mol. The second-order valence-electron chi connectivity index (χ2n) is 7.49. The molecule has 0 bridgehead atoms. The van der Waals surface area contributed by atoms with Crippen LogP contribution in [0.2, 0.25) is 0 Å². The molecule has 0 aromatic carbocycles. The minimum Gasteiger partial charge on any atom is -0.354 e. The standard InChI is InChI=1S/C18H28F3N7O/c19-18(20,21)12-23-15-25-16(24-13-8-4-5-9-22-14(13)29)27-17(26-15)28-10-6-2-1-3-7-11-28/h13H,1-12H2,(H,22,29)(H2,23,24,25,26,27). The summed E-state index contributed by atoms with van der Waals surface area (Å²) in [6.45, 7) is 0.865. The van der Waals surface area contributed by atoms with Gasteiger partial charge in [0.05, 0.1) is 0 Å². The fourth-order valence-corrected chi connectivity index (χ4v) is 3.51. The van der Waals surface area contributed by atoms with Crippen molar-refractivity contribution < 1.29 is 18.0 Å². The number of amides is 1. The number of carbonyl (C=O) groups is 1. The van der Waals surface area contributed by atoms with E-state index in [9.17, 15) is 18.0 Å². The van der Waals surface area contributed by atoms with Crippen molar-refractivity contribution in [2.75, 3.05) is 41.7 Å². The van der Waals surface area contributed by atoms with Crippen LogP contribution in [0, 0.1) is 0 Å². The van der Waals surface area contributed by atoms with Gasteiger partial charge < -0.3 is 20.9 Å². The zero-order chi connectivity index (χ0) is 20.7. The predicted molar refractivity (Wildman–Crippen MR) is 104 cm³/mol. The third kappa shape index (κ3) is 6.90. The van der Waals surface area contributed by atoms with Crippen molar-refractivity contribution in [2.24, 2.45) is 0 Å². The predicted octanol–water partition coefficient (Wildman–Crippen LogP) is 2.70. The second kappa shape index (κ2) is 9.93. The Labute approximate surface area is 168 Å². The van der Waals surface area contributed by atoms with Crippen LogP contribution in [0.3, 0.4) is 0 Å². The van der Waals surface area contributed by atoms with E-state index in [1.54, 1.807) is 0 Å². The Kier molecular flexibility index (Phi) is 7.32. The summed E-state index contributed by atoms with van der Waals surface area (Å²) in [6.07, 6.45) is 3.33. The van der Waals surface area contributed by atoms with Gasteiger partial charge in [-0.25, -0.2) is 0 Å². The van der Waals surface area contributed by atoms with Gasteiger partial charge in [0, 0.05) is 19.6 Å². The lowest BCUT2D eigenvalue weighted by Gasteiger charge is -2.25. The minimum absolute atomic E-state index is 0.115. The van der Waals surface area contributed by atoms with E-state index in [1.807, 2.05) is 4.90 Å². The van der Waals surface area contributed by atoms with Crippen molar-refractivity contribution >= 4 is 23.8 Å². The molecule has 2 saturated heterocycles. The third-order valence-corrected chi connectivity index (χ3v) is 5.05. The van der Waals surface area contributed by atoms with E-state index >= 15 is 0 Å². The first-order chi connectivity index (χ1) is 13.9.